The molecule has 0 atom stereocenters. The van der Waals surface area contributed by atoms with Crippen molar-refractivity contribution in [3.8, 4) is 5.75 Å². The van der Waals surface area contributed by atoms with Crippen molar-refractivity contribution in [1.29, 1.82) is 0 Å². The number of nitrogens with zero attached hydrogens (tertiary/aromatic N) is 1. The Balaban J connectivity index is 2.81. The molecule has 94 valence electrons. The van der Waals surface area contributed by atoms with Crippen LogP contribution in [0, 0.1) is 0 Å². The van der Waals surface area contributed by atoms with E-state index in [2.05, 4.69) is 0 Å². The molecule has 0 N–H and O–H groups in total. The van der Waals surface area contributed by atoms with Crippen LogP contribution in [0.3, 0.4) is 0 Å². The summed E-state index contributed by atoms with van der Waals surface area (Å²) >= 11 is 5.89. The van der Waals surface area contributed by atoms with Gasteiger partial charge in [-0.3, -0.25) is 0 Å². The van der Waals surface area contributed by atoms with Crippen LogP contribution in [-0.2, 0) is 4.74 Å². The van der Waals surface area contributed by atoms with E-state index in [-0.39, 0.29) is 0 Å². The second-order valence-electron chi connectivity index (χ2n) is 4.46. The van der Waals surface area contributed by atoms with Crippen LogP contribution in [-0.4, -0.2) is 18.8 Å². The average molecular weight is 258 g/mol. The lowest BCUT2D eigenvalue weighted by Gasteiger charge is -2.23. The van der Waals surface area contributed by atoms with Gasteiger partial charge in [0.25, 0.3) is 0 Å². The van der Waals surface area contributed by atoms with Crippen LogP contribution < -0.4 is 9.16 Å². The quantitative estimate of drug-likeness (QED) is 0.760. The zero-order valence-corrected chi connectivity index (χ0v) is 11.1. The molecule has 0 fully saturated rings. The van der Waals surface area contributed by atoms with Gasteiger partial charge in [0.15, 0.2) is 0 Å². The standard InChI is InChI=1S/C12H16ClNO3/c1-12(2,3)17-11(15)14(13)9-6-5-7-10(8-9)16-4/h5-8H,1-4H3. The van der Waals surface area contributed by atoms with Crippen LogP contribution in [0.2, 0.25) is 0 Å². The fourth-order valence-corrected chi connectivity index (χ4v) is 1.28. The Kier molecular flexibility index (Phi) is 4.23. The molecule has 17 heavy (non-hydrogen) atoms. The molecule has 0 aromatic heterocycles. The van der Waals surface area contributed by atoms with E-state index >= 15 is 0 Å². The van der Waals surface area contributed by atoms with Gasteiger partial charge in [-0.2, -0.15) is 4.42 Å². The lowest BCUT2D eigenvalue weighted by Crippen LogP contribution is -2.31. The van der Waals surface area contributed by atoms with Crippen molar-refractivity contribution in [2.75, 3.05) is 11.5 Å². The molecule has 0 heterocycles. The van der Waals surface area contributed by atoms with Crippen LogP contribution in [0.1, 0.15) is 20.8 Å². The molecule has 0 bridgehead atoms. The largest absolute Gasteiger partial charge is 0.497 e. The molecule has 4 nitrogen and oxygen atoms in total. The molecule has 1 aromatic carbocycles. The first kappa shape index (κ1) is 13.6. The Morgan fingerprint density at radius 1 is 1.35 bits per heavy atom. The second kappa shape index (κ2) is 5.27. The number of benzene rings is 1. The fourth-order valence-electron chi connectivity index (χ4n) is 1.14. The molecule has 1 rings (SSSR count). The average Bonchev–Trinajstić information content (AvgIpc) is 2.26. The topological polar surface area (TPSA) is 38.8 Å². The van der Waals surface area contributed by atoms with Crippen molar-refractivity contribution in [2.45, 2.75) is 26.4 Å². The highest BCUT2D eigenvalue weighted by Gasteiger charge is 2.22. The van der Waals surface area contributed by atoms with Gasteiger partial charge in [-0.15, -0.1) is 0 Å². The van der Waals surface area contributed by atoms with Gasteiger partial charge >= 0.3 is 6.09 Å². The Labute approximate surface area is 106 Å². The molecular weight excluding hydrogens is 242 g/mol. The molecule has 0 spiro atoms. The maximum absolute atomic E-state index is 11.7. The van der Waals surface area contributed by atoms with E-state index in [1.807, 2.05) is 0 Å². The third-order valence-corrected chi connectivity index (χ3v) is 2.17. The molecule has 0 saturated heterocycles. The van der Waals surface area contributed by atoms with Gasteiger partial charge in [0, 0.05) is 17.8 Å². The maximum Gasteiger partial charge on any atom is 0.429 e. The van der Waals surface area contributed by atoms with Gasteiger partial charge in [0.05, 0.1) is 12.8 Å². The number of hydrogen-bond donors (Lipinski definition) is 0. The number of hydrogen-bond acceptors (Lipinski definition) is 3. The molecule has 0 aliphatic rings. The summed E-state index contributed by atoms with van der Waals surface area (Å²) in [4.78, 5) is 11.7. The number of carbonyl (C=O) groups excluding carboxylic acids is 1. The Morgan fingerprint density at radius 3 is 2.53 bits per heavy atom. The number of rotatable bonds is 2. The van der Waals surface area contributed by atoms with Gasteiger partial charge in [-0.1, -0.05) is 6.07 Å². The van der Waals surface area contributed by atoms with Crippen LogP contribution in [0.25, 0.3) is 0 Å². The lowest BCUT2D eigenvalue weighted by atomic mass is 10.2. The summed E-state index contributed by atoms with van der Waals surface area (Å²) in [5.74, 6) is 0.622. The monoisotopic (exact) mass is 257 g/mol. The van der Waals surface area contributed by atoms with Crippen LogP contribution in [0.15, 0.2) is 24.3 Å². The third kappa shape index (κ3) is 4.15. The van der Waals surface area contributed by atoms with Gasteiger partial charge in [-0.05, 0) is 32.9 Å². The van der Waals surface area contributed by atoms with Crippen LogP contribution in [0.4, 0.5) is 10.5 Å². The molecule has 0 radical (unpaired) electrons. The molecule has 1 aromatic rings. The van der Waals surface area contributed by atoms with E-state index in [1.54, 1.807) is 52.1 Å². The smallest absolute Gasteiger partial charge is 0.429 e. The Hall–Kier alpha value is -1.42. The van der Waals surface area contributed by atoms with Gasteiger partial charge in [0.2, 0.25) is 0 Å². The summed E-state index contributed by atoms with van der Waals surface area (Å²) in [5, 5.41) is 0. The third-order valence-electron chi connectivity index (χ3n) is 1.83. The van der Waals surface area contributed by atoms with Gasteiger partial charge in [-0.25, -0.2) is 4.79 Å². The number of amides is 1. The summed E-state index contributed by atoms with van der Waals surface area (Å²) in [6.45, 7) is 5.34. The molecule has 0 saturated carbocycles. The van der Waals surface area contributed by atoms with Crippen LogP contribution in [0.5, 0.6) is 5.75 Å². The highest BCUT2D eigenvalue weighted by atomic mass is 35.5. The minimum Gasteiger partial charge on any atom is -0.497 e. The van der Waals surface area contributed by atoms with E-state index in [0.29, 0.717) is 11.4 Å². The summed E-state index contributed by atoms with van der Waals surface area (Å²) in [5.41, 5.74) is -0.0800. The predicted molar refractivity (Wildman–Crippen MR) is 67.6 cm³/mol. The van der Waals surface area contributed by atoms with Crippen molar-refractivity contribution >= 4 is 23.6 Å². The van der Waals surface area contributed by atoms with E-state index < -0.39 is 11.7 Å². The molecule has 1 amide bonds. The van der Waals surface area contributed by atoms with Gasteiger partial charge in [0.1, 0.15) is 11.4 Å². The number of methoxy groups -OCH3 is 1. The molecule has 0 aliphatic heterocycles. The number of carbonyl (C=O) groups is 1. The van der Waals surface area contributed by atoms with Crippen LogP contribution >= 0.6 is 11.8 Å². The summed E-state index contributed by atoms with van der Waals surface area (Å²) in [6, 6.07) is 6.85. The Morgan fingerprint density at radius 2 is 2.00 bits per heavy atom. The molecule has 0 aliphatic carbocycles. The van der Waals surface area contributed by atoms with E-state index in [0.717, 1.165) is 4.42 Å². The highest BCUT2D eigenvalue weighted by molar-refractivity contribution is 6.35. The number of anilines is 1. The fraction of sp³-hybridized carbons (Fsp3) is 0.417. The number of halogens is 1. The zero-order chi connectivity index (χ0) is 13.1. The minimum atomic E-state index is -0.618. The number of ether oxygens (including phenoxy) is 2. The lowest BCUT2D eigenvalue weighted by molar-refractivity contribution is 0.0609. The molecular formula is C12H16ClNO3. The van der Waals surface area contributed by atoms with Crippen molar-refractivity contribution in [3.63, 3.8) is 0 Å². The minimum absolute atomic E-state index is 0.500. The van der Waals surface area contributed by atoms with Gasteiger partial charge < -0.3 is 9.47 Å². The first-order chi connectivity index (χ1) is 7.83. The molecule has 0 unspecified atom stereocenters. The first-order valence-electron chi connectivity index (χ1n) is 5.16. The molecule has 5 heteroatoms. The summed E-state index contributed by atoms with van der Waals surface area (Å²) in [7, 11) is 1.55. The van der Waals surface area contributed by atoms with E-state index in [1.165, 1.54) is 0 Å². The van der Waals surface area contributed by atoms with Crippen molar-refractivity contribution in [1.82, 2.24) is 0 Å². The predicted octanol–water partition coefficient (Wildman–Crippen LogP) is 3.59. The zero-order valence-electron chi connectivity index (χ0n) is 10.4. The first-order valence-corrected chi connectivity index (χ1v) is 5.50. The summed E-state index contributed by atoms with van der Waals surface area (Å²) < 4.78 is 11.1. The maximum atomic E-state index is 11.7. The highest BCUT2D eigenvalue weighted by Crippen LogP contribution is 2.24. The Bertz CT molecular complexity index is 401. The second-order valence-corrected chi connectivity index (χ2v) is 4.80. The normalized spacial score (nSPS) is 10.9. The van der Waals surface area contributed by atoms with E-state index in [9.17, 15) is 4.79 Å². The van der Waals surface area contributed by atoms with E-state index in [4.69, 9.17) is 21.3 Å². The SMILES string of the molecule is COc1cccc(N(Cl)C(=O)OC(C)(C)C)c1. The summed E-state index contributed by atoms with van der Waals surface area (Å²) in [6.07, 6.45) is -0.618. The van der Waals surface area contributed by atoms with Crippen molar-refractivity contribution in [2.24, 2.45) is 0 Å². The van der Waals surface area contributed by atoms with Crippen molar-refractivity contribution < 1.29 is 14.3 Å². The van der Waals surface area contributed by atoms with Crippen molar-refractivity contribution in [3.05, 3.63) is 24.3 Å².